The summed E-state index contributed by atoms with van der Waals surface area (Å²) in [6.07, 6.45) is 1.87. The molecule has 3 atom stereocenters. The molecule has 1 aromatic heterocycles. The number of carbonyl (C=O) groups excluding carboxylic acids is 1. The van der Waals surface area contributed by atoms with Gasteiger partial charge in [0.1, 0.15) is 5.69 Å². The van der Waals surface area contributed by atoms with Gasteiger partial charge in [0.2, 0.25) is 5.91 Å². The number of nitrogens with zero attached hydrogens (tertiary/aromatic N) is 2. The predicted molar refractivity (Wildman–Crippen MR) is 67.0 cm³/mol. The maximum atomic E-state index is 14.0. The van der Waals surface area contributed by atoms with E-state index in [1.165, 1.54) is 4.68 Å². The number of halogens is 1. The van der Waals surface area contributed by atoms with E-state index in [1.807, 2.05) is 0 Å². The van der Waals surface area contributed by atoms with Gasteiger partial charge in [0.25, 0.3) is 0 Å². The minimum atomic E-state index is -1.50. The van der Waals surface area contributed by atoms with E-state index < -0.39 is 5.15 Å². The number of aryl methyl sites for hydroxylation is 1. The molecule has 1 aliphatic rings. The second kappa shape index (κ2) is 4.16. The van der Waals surface area contributed by atoms with Crippen LogP contribution in [-0.4, -0.2) is 22.4 Å². The molecule has 1 saturated carbocycles. The molecule has 0 radical (unpaired) electrons. The molecule has 0 saturated heterocycles. The van der Waals surface area contributed by atoms with E-state index in [0.29, 0.717) is 5.69 Å². The Labute approximate surface area is 98.2 Å². The Bertz CT molecular complexity index is 426. The molecular weight excluding hydrogens is 245 g/mol. The first-order valence-electron chi connectivity index (χ1n) is 5.24. The van der Waals surface area contributed by atoms with E-state index in [9.17, 15) is 9.18 Å². The number of carbonyl (C=O) groups is 1. The van der Waals surface area contributed by atoms with Crippen molar-refractivity contribution in [2.45, 2.75) is 24.9 Å². The molecule has 0 aromatic carbocycles. The highest BCUT2D eigenvalue weighted by molar-refractivity contribution is 7.50. The van der Waals surface area contributed by atoms with E-state index in [4.69, 9.17) is 0 Å². The molecule has 1 aromatic rings. The number of aromatic nitrogens is 2. The third-order valence-corrected chi connectivity index (χ3v) is 4.90. The van der Waals surface area contributed by atoms with Crippen LogP contribution in [0.4, 0.5) is 4.39 Å². The number of hydrogen-bond donors (Lipinski definition) is 0. The van der Waals surface area contributed by atoms with Gasteiger partial charge in [0.15, 0.2) is 5.15 Å². The van der Waals surface area contributed by atoms with Crippen molar-refractivity contribution < 1.29 is 9.18 Å². The largest absolute Gasteiger partial charge is 0.272 e. The first kappa shape index (κ1) is 12.1. The Morgan fingerprint density at radius 1 is 1.75 bits per heavy atom. The molecule has 16 heavy (non-hydrogen) atoms. The van der Waals surface area contributed by atoms with Crippen molar-refractivity contribution in [2.75, 3.05) is 6.66 Å². The van der Waals surface area contributed by atoms with E-state index in [1.54, 1.807) is 19.7 Å². The molecule has 0 spiro atoms. The van der Waals surface area contributed by atoms with E-state index >= 15 is 0 Å². The van der Waals surface area contributed by atoms with Crippen molar-refractivity contribution >= 4 is 23.7 Å². The van der Waals surface area contributed by atoms with Gasteiger partial charge in [-0.15, -0.1) is 0 Å². The van der Waals surface area contributed by atoms with Gasteiger partial charge in [-0.1, -0.05) is 17.8 Å². The van der Waals surface area contributed by atoms with Crippen molar-refractivity contribution in [2.24, 2.45) is 5.92 Å². The highest BCUT2D eigenvalue weighted by atomic mass is 31.1. The van der Waals surface area contributed by atoms with Crippen molar-refractivity contribution in [3.8, 4) is 0 Å². The smallest absolute Gasteiger partial charge is 0.250 e. The van der Waals surface area contributed by atoms with Crippen LogP contribution in [0.1, 0.15) is 29.0 Å². The molecule has 0 bridgehead atoms. The highest BCUT2D eigenvalue weighted by Gasteiger charge is 2.34. The summed E-state index contributed by atoms with van der Waals surface area (Å²) in [5.41, 5.74) is 1.06. The summed E-state index contributed by atoms with van der Waals surface area (Å²) in [7, 11) is 2.26. The van der Waals surface area contributed by atoms with Crippen LogP contribution in [0.5, 0.6) is 0 Å². The van der Waals surface area contributed by atoms with Gasteiger partial charge >= 0.3 is 0 Å². The summed E-state index contributed by atoms with van der Waals surface area (Å²) in [4.78, 5) is 11.8. The average Bonchev–Trinajstić information content (AvgIpc) is 3.01. The van der Waals surface area contributed by atoms with Gasteiger partial charge in [-0.3, -0.25) is 4.79 Å². The lowest BCUT2D eigenvalue weighted by molar-refractivity contribution is 0.0866. The monoisotopic (exact) mass is 260 g/mol. The zero-order valence-electron chi connectivity index (χ0n) is 9.33. The molecule has 1 aliphatic carbocycles. The van der Waals surface area contributed by atoms with Crippen LogP contribution in [0.15, 0.2) is 6.07 Å². The summed E-state index contributed by atoms with van der Waals surface area (Å²) in [6.45, 7) is 3.57. The zero-order valence-corrected chi connectivity index (χ0v) is 11.5. The highest BCUT2D eigenvalue weighted by Crippen LogP contribution is 2.46. The van der Waals surface area contributed by atoms with Crippen molar-refractivity contribution in [1.82, 2.24) is 9.78 Å². The Hall–Kier alpha value is -0.330. The zero-order chi connectivity index (χ0) is 11.9. The summed E-state index contributed by atoms with van der Waals surface area (Å²) in [5, 5.41) is 2.59. The Balaban J connectivity index is 2.31. The summed E-state index contributed by atoms with van der Waals surface area (Å²) < 4.78 is 15.4. The minimum Gasteiger partial charge on any atom is -0.272 e. The number of alkyl halides is 1. The molecule has 0 aliphatic heterocycles. The third-order valence-electron chi connectivity index (χ3n) is 2.76. The fourth-order valence-electron chi connectivity index (χ4n) is 1.51. The van der Waals surface area contributed by atoms with E-state index in [-0.39, 0.29) is 20.4 Å². The Morgan fingerprint density at radius 3 is 2.88 bits per heavy atom. The maximum Gasteiger partial charge on any atom is 0.250 e. The molecule has 1 heterocycles. The van der Waals surface area contributed by atoms with Crippen molar-refractivity contribution in [3.05, 3.63) is 17.5 Å². The van der Waals surface area contributed by atoms with Crippen molar-refractivity contribution in [3.63, 3.8) is 0 Å². The standard InChI is InChI=1S/C10H15FN2OP2/c1-6-5-8(10(11,15)16-2)12-13(6)9(14)7-3-4-7/h5,7,16H,3-4,15H2,1-2H3. The maximum absolute atomic E-state index is 14.0. The van der Waals surface area contributed by atoms with Crippen LogP contribution in [0, 0.1) is 12.8 Å². The molecule has 6 heteroatoms. The van der Waals surface area contributed by atoms with Crippen LogP contribution < -0.4 is 0 Å². The molecule has 0 N–H and O–H groups in total. The molecule has 0 amide bonds. The molecule has 3 unspecified atom stereocenters. The summed E-state index contributed by atoms with van der Waals surface area (Å²) in [5.74, 6) is 0.109. The normalized spacial score (nSPS) is 20.2. The van der Waals surface area contributed by atoms with Crippen LogP contribution in [0.25, 0.3) is 0 Å². The third kappa shape index (κ3) is 2.19. The fraction of sp³-hybridized carbons (Fsp3) is 0.600. The number of hydrogen-bond acceptors (Lipinski definition) is 2. The van der Waals surface area contributed by atoms with Gasteiger partial charge in [-0.05, 0) is 32.5 Å². The van der Waals surface area contributed by atoms with Gasteiger partial charge in [-0.25, -0.2) is 9.07 Å². The second-order valence-electron chi connectivity index (χ2n) is 4.16. The Morgan fingerprint density at radius 2 is 2.38 bits per heavy atom. The van der Waals surface area contributed by atoms with E-state index in [0.717, 1.165) is 18.5 Å². The van der Waals surface area contributed by atoms with Crippen LogP contribution in [-0.2, 0) is 5.15 Å². The first-order valence-corrected chi connectivity index (χ1v) is 7.31. The quantitative estimate of drug-likeness (QED) is 0.783. The lowest BCUT2D eigenvalue weighted by atomic mass is 10.3. The van der Waals surface area contributed by atoms with Crippen LogP contribution in [0.3, 0.4) is 0 Å². The first-order chi connectivity index (χ1) is 7.45. The number of rotatable bonds is 3. The Kier molecular flexibility index (Phi) is 3.16. The van der Waals surface area contributed by atoms with E-state index in [2.05, 4.69) is 14.3 Å². The van der Waals surface area contributed by atoms with Gasteiger partial charge in [0.05, 0.1) is 0 Å². The molecule has 1 fully saturated rings. The lowest BCUT2D eigenvalue weighted by Gasteiger charge is -2.14. The van der Waals surface area contributed by atoms with Crippen molar-refractivity contribution in [1.29, 1.82) is 0 Å². The molecule has 88 valence electrons. The van der Waals surface area contributed by atoms with Gasteiger partial charge < -0.3 is 0 Å². The molecular formula is C10H15FN2OP2. The van der Waals surface area contributed by atoms with Gasteiger partial charge in [0, 0.05) is 11.6 Å². The topological polar surface area (TPSA) is 34.9 Å². The average molecular weight is 260 g/mol. The molecule has 3 nitrogen and oxygen atoms in total. The second-order valence-corrected chi connectivity index (χ2v) is 6.76. The van der Waals surface area contributed by atoms with Crippen LogP contribution in [0.2, 0.25) is 0 Å². The predicted octanol–water partition coefficient (Wildman–Crippen LogP) is 2.50. The minimum absolute atomic E-state index is 0.00369. The lowest BCUT2D eigenvalue weighted by Crippen LogP contribution is -2.16. The summed E-state index contributed by atoms with van der Waals surface area (Å²) in [6, 6.07) is 1.66. The fourth-order valence-corrected chi connectivity index (χ4v) is 2.03. The molecule has 2 rings (SSSR count). The van der Waals surface area contributed by atoms with Crippen LogP contribution >= 0.6 is 17.8 Å². The van der Waals surface area contributed by atoms with Gasteiger partial charge in [-0.2, -0.15) is 5.10 Å². The summed E-state index contributed by atoms with van der Waals surface area (Å²) >= 11 is 0. The SMILES string of the molecule is CPC(F)(P)c1cc(C)n(C(=O)C2CC2)n1.